The molecule has 0 saturated heterocycles. The topological polar surface area (TPSA) is 27.7 Å². The summed E-state index contributed by atoms with van der Waals surface area (Å²) in [6.07, 6.45) is 0.926. The van der Waals surface area contributed by atoms with Gasteiger partial charge < -0.3 is 13.3 Å². The molecule has 103 valence electrons. The third-order valence-corrected chi connectivity index (χ3v) is 10.5. The number of halogens is 1. The van der Waals surface area contributed by atoms with Crippen LogP contribution in [0.25, 0.3) is 0 Å². The molecule has 1 atom stereocenters. The van der Waals surface area contributed by atoms with E-state index in [1.165, 1.54) is 0 Å². The van der Waals surface area contributed by atoms with Gasteiger partial charge in [0, 0.05) is 30.9 Å². The van der Waals surface area contributed by atoms with Gasteiger partial charge in [-0.1, -0.05) is 13.1 Å². The number of alkyl halides is 1. The normalized spacial score (nSPS) is 14.3. The van der Waals surface area contributed by atoms with Gasteiger partial charge in [-0.05, 0) is 27.2 Å². The smallest absolute Gasteiger partial charge is 0.374 e. The first-order chi connectivity index (χ1) is 8.07. The molecule has 3 nitrogen and oxygen atoms in total. The summed E-state index contributed by atoms with van der Waals surface area (Å²) in [5.41, 5.74) is 0. The van der Waals surface area contributed by atoms with Gasteiger partial charge in [0.15, 0.2) is 0 Å². The van der Waals surface area contributed by atoms with Crippen molar-refractivity contribution in [3.05, 3.63) is 0 Å². The fraction of sp³-hybridized carbons (Fsp3) is 1.00. The Hall–Kier alpha value is 0.604. The highest BCUT2D eigenvalue weighted by atomic mass is 35.5. The van der Waals surface area contributed by atoms with E-state index in [0.717, 1.165) is 6.42 Å². The minimum absolute atomic E-state index is 0.379. The van der Waals surface area contributed by atoms with Crippen molar-refractivity contribution in [1.29, 1.82) is 0 Å². The standard InChI is InChI=1S/C11H26ClO3Si2/c1-6-13-17(14-7-2,15-8-3)11(9-10-12)16(4)5/h11H,6-10H2,1-5H3. The average Bonchev–Trinajstić information content (AvgIpc) is 2.26. The Balaban J connectivity index is 5.01. The second kappa shape index (κ2) is 9.52. The Morgan fingerprint density at radius 1 is 1.00 bits per heavy atom. The van der Waals surface area contributed by atoms with Gasteiger partial charge in [-0.3, -0.25) is 0 Å². The Labute approximate surface area is 114 Å². The van der Waals surface area contributed by atoms with Gasteiger partial charge in [-0.25, -0.2) is 0 Å². The predicted octanol–water partition coefficient (Wildman–Crippen LogP) is 3.33. The molecular weight excluding hydrogens is 272 g/mol. The summed E-state index contributed by atoms with van der Waals surface area (Å²) >= 11 is 5.92. The molecule has 0 spiro atoms. The Kier molecular flexibility index (Phi) is 9.86. The minimum atomic E-state index is -2.55. The maximum absolute atomic E-state index is 5.95. The van der Waals surface area contributed by atoms with Crippen LogP contribution in [-0.2, 0) is 13.3 Å². The molecule has 6 heteroatoms. The molecule has 0 aromatic carbocycles. The molecule has 0 amide bonds. The first kappa shape index (κ1) is 17.6. The van der Waals surface area contributed by atoms with E-state index in [0.29, 0.717) is 30.9 Å². The van der Waals surface area contributed by atoms with E-state index >= 15 is 0 Å². The molecule has 0 aliphatic heterocycles. The zero-order valence-corrected chi connectivity index (χ0v) is 14.5. The molecule has 0 N–H and O–H groups in total. The lowest BCUT2D eigenvalue weighted by Crippen LogP contribution is -2.54. The van der Waals surface area contributed by atoms with Crippen LogP contribution < -0.4 is 0 Å². The lowest BCUT2D eigenvalue weighted by Gasteiger charge is -2.36. The van der Waals surface area contributed by atoms with Crippen molar-refractivity contribution in [2.24, 2.45) is 0 Å². The summed E-state index contributed by atoms with van der Waals surface area (Å²) in [5.74, 6) is 0.641. The third-order valence-electron chi connectivity index (χ3n) is 2.56. The van der Waals surface area contributed by atoms with Crippen LogP contribution in [0.3, 0.4) is 0 Å². The highest BCUT2D eigenvalue weighted by Gasteiger charge is 2.50. The van der Waals surface area contributed by atoms with Crippen LogP contribution in [0.2, 0.25) is 18.3 Å². The molecule has 0 aliphatic rings. The monoisotopic (exact) mass is 297 g/mol. The van der Waals surface area contributed by atoms with E-state index in [-0.39, 0.29) is 0 Å². The van der Waals surface area contributed by atoms with Crippen molar-refractivity contribution in [1.82, 2.24) is 0 Å². The molecule has 0 heterocycles. The Morgan fingerprint density at radius 3 is 1.65 bits per heavy atom. The highest BCUT2D eigenvalue weighted by molar-refractivity contribution is 6.80. The van der Waals surface area contributed by atoms with E-state index in [1.54, 1.807) is 0 Å². The van der Waals surface area contributed by atoms with Gasteiger partial charge in [-0.2, -0.15) is 0 Å². The first-order valence-corrected chi connectivity index (χ1v) is 11.3. The van der Waals surface area contributed by atoms with Gasteiger partial charge in [0.2, 0.25) is 0 Å². The summed E-state index contributed by atoms with van der Waals surface area (Å²) in [7, 11) is -3.10. The van der Waals surface area contributed by atoms with Gasteiger partial charge in [-0.15, -0.1) is 11.6 Å². The highest BCUT2D eigenvalue weighted by Crippen LogP contribution is 2.32. The van der Waals surface area contributed by atoms with E-state index in [1.807, 2.05) is 20.8 Å². The van der Waals surface area contributed by atoms with E-state index in [9.17, 15) is 0 Å². The molecule has 0 rings (SSSR count). The van der Waals surface area contributed by atoms with Crippen molar-refractivity contribution in [2.45, 2.75) is 45.5 Å². The summed E-state index contributed by atoms with van der Waals surface area (Å²) in [6, 6.07) is 0. The van der Waals surface area contributed by atoms with Crippen LogP contribution in [0, 0.1) is 0 Å². The summed E-state index contributed by atoms with van der Waals surface area (Å²) in [6.45, 7) is 12.5. The average molecular weight is 298 g/mol. The maximum atomic E-state index is 5.95. The number of rotatable bonds is 10. The second-order valence-electron chi connectivity index (χ2n) is 4.01. The van der Waals surface area contributed by atoms with Gasteiger partial charge >= 0.3 is 8.80 Å². The predicted molar refractivity (Wildman–Crippen MR) is 77.2 cm³/mol. The largest absolute Gasteiger partial charge is 0.501 e. The van der Waals surface area contributed by atoms with E-state index in [2.05, 4.69) is 13.1 Å². The molecular formula is C11H26ClO3Si2. The minimum Gasteiger partial charge on any atom is -0.374 e. The van der Waals surface area contributed by atoms with Gasteiger partial charge in [0.1, 0.15) is 0 Å². The van der Waals surface area contributed by atoms with Gasteiger partial charge in [0.05, 0.1) is 8.80 Å². The quantitative estimate of drug-likeness (QED) is 0.457. The van der Waals surface area contributed by atoms with Crippen LogP contribution in [0.15, 0.2) is 0 Å². The number of hydrogen-bond acceptors (Lipinski definition) is 3. The lowest BCUT2D eigenvalue weighted by atomic mass is 10.6. The molecule has 1 unspecified atom stereocenters. The zero-order chi connectivity index (χ0) is 13.3. The van der Waals surface area contributed by atoms with Crippen LogP contribution >= 0.6 is 11.6 Å². The van der Waals surface area contributed by atoms with Crippen LogP contribution in [0.5, 0.6) is 0 Å². The van der Waals surface area contributed by atoms with E-state index in [4.69, 9.17) is 24.9 Å². The van der Waals surface area contributed by atoms with Crippen molar-refractivity contribution < 1.29 is 13.3 Å². The third kappa shape index (κ3) is 5.40. The molecule has 0 aromatic heterocycles. The van der Waals surface area contributed by atoms with Crippen LogP contribution in [-0.4, -0.2) is 43.3 Å². The Bertz CT molecular complexity index is 177. The van der Waals surface area contributed by atoms with E-state index < -0.39 is 17.6 Å². The summed E-state index contributed by atoms with van der Waals surface area (Å²) in [5, 5.41) is 0.379. The van der Waals surface area contributed by atoms with Crippen LogP contribution in [0.1, 0.15) is 27.2 Å². The first-order valence-electron chi connectivity index (χ1n) is 6.35. The lowest BCUT2D eigenvalue weighted by molar-refractivity contribution is 0.0672. The molecule has 0 bridgehead atoms. The fourth-order valence-corrected chi connectivity index (χ4v) is 9.40. The van der Waals surface area contributed by atoms with Crippen molar-refractivity contribution in [2.75, 3.05) is 25.7 Å². The fourth-order valence-electron chi connectivity index (χ4n) is 1.96. The summed E-state index contributed by atoms with van der Waals surface area (Å²) < 4.78 is 17.8. The van der Waals surface area contributed by atoms with Crippen molar-refractivity contribution in [3.8, 4) is 0 Å². The molecule has 0 aliphatic carbocycles. The number of hydrogen-bond donors (Lipinski definition) is 0. The SMILES string of the molecule is CCO[Si](OCC)(OCC)C(CCCl)[Si](C)C. The molecule has 17 heavy (non-hydrogen) atoms. The Morgan fingerprint density at radius 2 is 1.41 bits per heavy atom. The molecule has 0 fully saturated rings. The summed E-state index contributed by atoms with van der Waals surface area (Å²) in [4.78, 5) is 0. The zero-order valence-electron chi connectivity index (χ0n) is 11.7. The molecule has 0 saturated carbocycles. The molecule has 0 aromatic rings. The van der Waals surface area contributed by atoms with Crippen LogP contribution in [0.4, 0.5) is 0 Å². The second-order valence-corrected chi connectivity index (χ2v) is 10.6. The van der Waals surface area contributed by atoms with Crippen molar-refractivity contribution in [3.63, 3.8) is 0 Å². The maximum Gasteiger partial charge on any atom is 0.501 e. The van der Waals surface area contributed by atoms with Gasteiger partial charge in [0.25, 0.3) is 0 Å². The molecule has 1 radical (unpaired) electrons. The van der Waals surface area contributed by atoms with Crippen molar-refractivity contribution >= 4 is 29.2 Å².